The van der Waals surface area contributed by atoms with Gasteiger partial charge in [0.05, 0.1) is 34.1 Å². The molecule has 3 aromatic carbocycles. The molecule has 0 unspecified atom stereocenters. The Morgan fingerprint density at radius 1 is 1.03 bits per heavy atom. The number of ether oxygens (including phenoxy) is 1. The Balaban J connectivity index is 1.60. The Hall–Kier alpha value is -3.70. The molecule has 0 radical (unpaired) electrons. The van der Waals surface area contributed by atoms with E-state index in [1.165, 1.54) is 0 Å². The van der Waals surface area contributed by atoms with Gasteiger partial charge >= 0.3 is 0 Å². The molecule has 0 saturated carbocycles. The van der Waals surface area contributed by atoms with Crippen LogP contribution in [0.2, 0.25) is 5.02 Å². The summed E-state index contributed by atoms with van der Waals surface area (Å²) in [5.74, 6) is 0.936. The number of fused-ring (bicyclic) bond motifs is 1. The van der Waals surface area contributed by atoms with E-state index in [9.17, 15) is 4.79 Å². The number of aromatic nitrogens is 1. The molecule has 0 spiro atoms. The molecule has 0 bridgehead atoms. The van der Waals surface area contributed by atoms with E-state index < -0.39 is 0 Å². The van der Waals surface area contributed by atoms with E-state index in [-0.39, 0.29) is 5.91 Å². The van der Waals surface area contributed by atoms with Crippen LogP contribution in [0.25, 0.3) is 22.2 Å². The molecule has 4 aromatic rings. The summed E-state index contributed by atoms with van der Waals surface area (Å²) in [7, 11) is 0. The fourth-order valence-electron chi connectivity index (χ4n) is 3.47. The Morgan fingerprint density at radius 3 is 2.47 bits per heavy atom. The maximum atomic E-state index is 13.2. The molecular formula is C28H26ClN3O2. The summed E-state index contributed by atoms with van der Waals surface area (Å²) >= 11 is 6.42. The minimum atomic E-state index is -0.330. The lowest BCUT2D eigenvalue weighted by atomic mass is 10.0. The highest BCUT2D eigenvalue weighted by Gasteiger charge is 2.15. The van der Waals surface area contributed by atoms with Crippen LogP contribution in [0, 0.1) is 5.92 Å². The van der Waals surface area contributed by atoms with Crippen LogP contribution < -0.4 is 10.2 Å². The number of halogens is 1. The van der Waals surface area contributed by atoms with Crippen molar-refractivity contribution in [1.29, 1.82) is 0 Å². The summed E-state index contributed by atoms with van der Waals surface area (Å²) in [6.07, 6.45) is 0. The Morgan fingerprint density at radius 2 is 1.76 bits per heavy atom. The van der Waals surface area contributed by atoms with Gasteiger partial charge in [0.1, 0.15) is 5.75 Å². The van der Waals surface area contributed by atoms with Crippen molar-refractivity contribution in [2.45, 2.75) is 20.8 Å². The standard InChI is InChI=1S/C28H26ClN3O2/c1-18(2)17-34-22-14-12-20(13-15-22)19(3)31-32-28(33)24-16-26(21-8-5-4-6-9-21)30-27-23(24)10-7-11-25(27)29/h4-16,18H,17H2,1-3H3,(H,32,33)/b31-19+. The van der Waals surface area contributed by atoms with Gasteiger partial charge in [0.15, 0.2) is 0 Å². The molecule has 172 valence electrons. The van der Waals surface area contributed by atoms with E-state index in [2.05, 4.69) is 24.4 Å². The van der Waals surface area contributed by atoms with Crippen LogP contribution in [0.4, 0.5) is 0 Å². The minimum Gasteiger partial charge on any atom is -0.493 e. The number of pyridine rings is 1. The van der Waals surface area contributed by atoms with Crippen molar-refractivity contribution in [3.63, 3.8) is 0 Å². The van der Waals surface area contributed by atoms with Gasteiger partial charge < -0.3 is 4.74 Å². The van der Waals surface area contributed by atoms with Crippen molar-refractivity contribution in [3.05, 3.63) is 95.0 Å². The molecule has 0 saturated heterocycles. The summed E-state index contributed by atoms with van der Waals surface area (Å²) in [4.78, 5) is 17.9. The second-order valence-corrected chi connectivity index (χ2v) is 8.83. The fraction of sp³-hybridized carbons (Fsp3) is 0.179. The SMILES string of the molecule is C/C(=N\NC(=O)c1cc(-c2ccccc2)nc2c(Cl)cccc12)c1ccc(OCC(C)C)cc1. The van der Waals surface area contributed by atoms with Crippen molar-refractivity contribution in [2.75, 3.05) is 6.61 Å². The predicted molar refractivity (Wildman–Crippen MR) is 139 cm³/mol. The van der Waals surface area contributed by atoms with Gasteiger partial charge in [-0.2, -0.15) is 5.10 Å². The minimum absolute atomic E-state index is 0.330. The van der Waals surface area contributed by atoms with Crippen LogP contribution in [-0.4, -0.2) is 23.2 Å². The highest BCUT2D eigenvalue weighted by molar-refractivity contribution is 6.35. The summed E-state index contributed by atoms with van der Waals surface area (Å²) in [5.41, 5.74) is 6.87. The molecule has 4 rings (SSSR count). The number of rotatable bonds is 7. The normalized spacial score (nSPS) is 11.6. The monoisotopic (exact) mass is 471 g/mol. The highest BCUT2D eigenvalue weighted by Crippen LogP contribution is 2.29. The molecule has 0 atom stereocenters. The number of hydrazone groups is 1. The van der Waals surface area contributed by atoms with E-state index in [1.54, 1.807) is 12.1 Å². The Kier molecular flexibility index (Phi) is 7.24. The Bertz CT molecular complexity index is 1330. The maximum Gasteiger partial charge on any atom is 0.272 e. The lowest BCUT2D eigenvalue weighted by Crippen LogP contribution is -2.20. The van der Waals surface area contributed by atoms with E-state index in [0.717, 1.165) is 16.9 Å². The molecule has 0 fully saturated rings. The van der Waals surface area contributed by atoms with Gasteiger partial charge in [0.25, 0.3) is 5.91 Å². The molecule has 1 aromatic heterocycles. The fourth-order valence-corrected chi connectivity index (χ4v) is 3.69. The van der Waals surface area contributed by atoms with Crippen molar-refractivity contribution in [1.82, 2.24) is 10.4 Å². The summed E-state index contributed by atoms with van der Waals surface area (Å²) in [6.45, 7) is 6.73. The van der Waals surface area contributed by atoms with E-state index in [1.807, 2.05) is 73.7 Å². The highest BCUT2D eigenvalue weighted by atomic mass is 35.5. The molecule has 6 heteroatoms. The van der Waals surface area contributed by atoms with Crippen LogP contribution in [-0.2, 0) is 0 Å². The zero-order valence-electron chi connectivity index (χ0n) is 19.4. The lowest BCUT2D eigenvalue weighted by molar-refractivity contribution is 0.0956. The molecule has 1 heterocycles. The second kappa shape index (κ2) is 10.5. The average Bonchev–Trinajstić information content (AvgIpc) is 2.86. The number of carbonyl (C=O) groups excluding carboxylic acids is 1. The number of hydrogen-bond acceptors (Lipinski definition) is 4. The number of nitrogens with one attached hydrogen (secondary N) is 1. The van der Waals surface area contributed by atoms with Crippen LogP contribution in [0.5, 0.6) is 5.75 Å². The Labute approximate surface area is 204 Å². The van der Waals surface area contributed by atoms with Crippen LogP contribution in [0.15, 0.2) is 84.0 Å². The van der Waals surface area contributed by atoms with Gasteiger partial charge in [-0.25, -0.2) is 10.4 Å². The first-order chi connectivity index (χ1) is 16.4. The topological polar surface area (TPSA) is 63.6 Å². The van der Waals surface area contributed by atoms with Gasteiger partial charge in [0.2, 0.25) is 0 Å². The summed E-state index contributed by atoms with van der Waals surface area (Å²) in [5, 5.41) is 5.49. The molecule has 0 aliphatic rings. The smallest absolute Gasteiger partial charge is 0.272 e. The molecule has 0 aliphatic heterocycles. The summed E-state index contributed by atoms with van der Waals surface area (Å²) in [6, 6.07) is 24.5. The molecule has 34 heavy (non-hydrogen) atoms. The van der Waals surface area contributed by atoms with Gasteiger partial charge in [-0.15, -0.1) is 0 Å². The van der Waals surface area contributed by atoms with Crippen molar-refractivity contribution in [2.24, 2.45) is 11.0 Å². The van der Waals surface area contributed by atoms with Gasteiger partial charge in [-0.1, -0.05) is 67.9 Å². The third-order valence-corrected chi connectivity index (χ3v) is 5.59. The third-order valence-electron chi connectivity index (χ3n) is 5.29. The molecule has 0 aliphatic carbocycles. The zero-order valence-corrected chi connectivity index (χ0v) is 20.1. The van der Waals surface area contributed by atoms with Crippen molar-refractivity contribution in [3.8, 4) is 17.0 Å². The molecule has 5 nitrogen and oxygen atoms in total. The molecule has 1 amide bonds. The van der Waals surface area contributed by atoms with Gasteiger partial charge in [-0.3, -0.25) is 4.79 Å². The van der Waals surface area contributed by atoms with Crippen molar-refractivity contribution < 1.29 is 9.53 Å². The number of amides is 1. The number of carbonyl (C=O) groups is 1. The van der Waals surface area contributed by atoms with Crippen LogP contribution in [0.3, 0.4) is 0 Å². The predicted octanol–water partition coefficient (Wildman–Crippen LogP) is 6.74. The number of hydrogen-bond donors (Lipinski definition) is 1. The second-order valence-electron chi connectivity index (χ2n) is 8.42. The van der Waals surface area contributed by atoms with Crippen LogP contribution in [0.1, 0.15) is 36.7 Å². The first-order valence-electron chi connectivity index (χ1n) is 11.1. The third kappa shape index (κ3) is 5.43. The lowest BCUT2D eigenvalue weighted by Gasteiger charge is -2.11. The first-order valence-corrected chi connectivity index (χ1v) is 11.5. The quantitative estimate of drug-likeness (QED) is 0.239. The molecule has 1 N–H and O–H groups in total. The molecular weight excluding hydrogens is 446 g/mol. The van der Waals surface area contributed by atoms with E-state index in [4.69, 9.17) is 21.3 Å². The van der Waals surface area contributed by atoms with E-state index >= 15 is 0 Å². The van der Waals surface area contributed by atoms with Gasteiger partial charge in [0, 0.05) is 10.9 Å². The van der Waals surface area contributed by atoms with Crippen LogP contribution >= 0.6 is 11.6 Å². The average molecular weight is 472 g/mol. The van der Waals surface area contributed by atoms with Gasteiger partial charge in [-0.05, 0) is 54.8 Å². The summed E-state index contributed by atoms with van der Waals surface area (Å²) < 4.78 is 5.73. The number of benzene rings is 3. The zero-order chi connectivity index (χ0) is 24.1. The first kappa shape index (κ1) is 23.5. The van der Waals surface area contributed by atoms with E-state index in [0.29, 0.717) is 45.4 Å². The number of para-hydroxylation sites is 1. The largest absolute Gasteiger partial charge is 0.493 e. The number of nitrogens with zero attached hydrogens (tertiary/aromatic N) is 2. The maximum absolute atomic E-state index is 13.2. The van der Waals surface area contributed by atoms with Crippen molar-refractivity contribution >= 4 is 34.1 Å².